The van der Waals surface area contributed by atoms with E-state index in [0.29, 0.717) is 37.0 Å². The molecule has 1 aromatic heterocycles. The lowest BCUT2D eigenvalue weighted by Gasteiger charge is -2.09. The van der Waals surface area contributed by atoms with E-state index in [9.17, 15) is 4.39 Å². The molecule has 0 amide bonds. The molecule has 0 saturated carbocycles. The van der Waals surface area contributed by atoms with E-state index in [2.05, 4.69) is 25.6 Å². The third-order valence-electron chi connectivity index (χ3n) is 2.75. The van der Waals surface area contributed by atoms with Gasteiger partial charge < -0.3 is 15.4 Å². The minimum atomic E-state index is -0.208. The monoisotopic (exact) mass is 291 g/mol. The van der Waals surface area contributed by atoms with Gasteiger partial charge in [-0.3, -0.25) is 0 Å². The molecule has 0 aliphatic carbocycles. The van der Waals surface area contributed by atoms with Gasteiger partial charge in [0.25, 0.3) is 0 Å². The molecular weight excluding hydrogens is 273 g/mol. The summed E-state index contributed by atoms with van der Waals surface area (Å²) >= 11 is 0. The highest BCUT2D eigenvalue weighted by molar-refractivity contribution is 5.35. The number of benzene rings is 1. The fourth-order valence-electron chi connectivity index (χ4n) is 1.75. The standard InChI is InChI=1S/C14H18FN5O/c1-3-21-14-19-12(16-2)18-13(20-14)17-9-8-10-6-4-5-7-11(10)15/h4-7H,3,8-9H2,1-2H3,(H2,16,17,18,19,20). The van der Waals surface area contributed by atoms with Gasteiger partial charge in [-0.2, -0.15) is 15.0 Å². The molecule has 1 heterocycles. The molecule has 0 aliphatic heterocycles. The van der Waals surface area contributed by atoms with Crippen LogP contribution < -0.4 is 15.4 Å². The second-order valence-electron chi connectivity index (χ2n) is 4.22. The van der Waals surface area contributed by atoms with E-state index >= 15 is 0 Å². The highest BCUT2D eigenvalue weighted by Gasteiger charge is 2.06. The van der Waals surface area contributed by atoms with Crippen molar-refractivity contribution in [2.24, 2.45) is 0 Å². The number of aromatic nitrogens is 3. The molecule has 0 spiro atoms. The Balaban J connectivity index is 1.99. The van der Waals surface area contributed by atoms with E-state index in [-0.39, 0.29) is 11.8 Å². The van der Waals surface area contributed by atoms with E-state index in [1.165, 1.54) is 6.07 Å². The molecule has 0 bridgehead atoms. The van der Waals surface area contributed by atoms with Crippen LogP contribution in [-0.2, 0) is 6.42 Å². The minimum absolute atomic E-state index is 0.208. The van der Waals surface area contributed by atoms with Gasteiger partial charge in [0.15, 0.2) is 0 Å². The highest BCUT2D eigenvalue weighted by Crippen LogP contribution is 2.11. The first-order valence-corrected chi connectivity index (χ1v) is 6.76. The second-order valence-corrected chi connectivity index (χ2v) is 4.22. The van der Waals surface area contributed by atoms with Crippen molar-refractivity contribution in [3.8, 4) is 6.01 Å². The van der Waals surface area contributed by atoms with Crippen LogP contribution in [0.3, 0.4) is 0 Å². The van der Waals surface area contributed by atoms with Crippen molar-refractivity contribution in [3.63, 3.8) is 0 Å². The molecule has 0 aliphatic rings. The van der Waals surface area contributed by atoms with Crippen molar-refractivity contribution < 1.29 is 9.13 Å². The normalized spacial score (nSPS) is 10.2. The molecule has 0 radical (unpaired) electrons. The van der Waals surface area contributed by atoms with Crippen molar-refractivity contribution in [2.45, 2.75) is 13.3 Å². The number of hydrogen-bond donors (Lipinski definition) is 2. The van der Waals surface area contributed by atoms with E-state index in [1.54, 1.807) is 19.2 Å². The van der Waals surface area contributed by atoms with Crippen molar-refractivity contribution in [2.75, 3.05) is 30.8 Å². The summed E-state index contributed by atoms with van der Waals surface area (Å²) in [6.45, 7) is 2.84. The van der Waals surface area contributed by atoms with Crippen LogP contribution in [0.25, 0.3) is 0 Å². The number of halogens is 1. The summed E-state index contributed by atoms with van der Waals surface area (Å²) in [5, 5.41) is 5.89. The van der Waals surface area contributed by atoms with E-state index in [0.717, 1.165) is 0 Å². The predicted molar refractivity (Wildman–Crippen MR) is 79.1 cm³/mol. The fraction of sp³-hybridized carbons (Fsp3) is 0.357. The molecule has 0 atom stereocenters. The maximum absolute atomic E-state index is 13.5. The Labute approximate surface area is 122 Å². The molecule has 0 fully saturated rings. The van der Waals surface area contributed by atoms with Gasteiger partial charge in [-0.25, -0.2) is 4.39 Å². The summed E-state index contributed by atoms with van der Waals surface area (Å²) in [5.41, 5.74) is 0.651. The maximum Gasteiger partial charge on any atom is 0.323 e. The van der Waals surface area contributed by atoms with Gasteiger partial charge in [-0.05, 0) is 25.0 Å². The van der Waals surface area contributed by atoms with Gasteiger partial charge in [0.1, 0.15) is 5.82 Å². The summed E-state index contributed by atoms with van der Waals surface area (Å²) in [6.07, 6.45) is 0.539. The van der Waals surface area contributed by atoms with Crippen LogP contribution in [-0.4, -0.2) is 35.2 Å². The fourth-order valence-corrected chi connectivity index (χ4v) is 1.75. The van der Waals surface area contributed by atoms with Gasteiger partial charge in [-0.15, -0.1) is 0 Å². The first-order chi connectivity index (χ1) is 10.2. The topological polar surface area (TPSA) is 72.0 Å². The first-order valence-electron chi connectivity index (χ1n) is 6.76. The average Bonchev–Trinajstić information content (AvgIpc) is 2.49. The summed E-state index contributed by atoms with van der Waals surface area (Å²) in [5.74, 6) is 0.608. The molecule has 6 nitrogen and oxygen atoms in total. The molecule has 21 heavy (non-hydrogen) atoms. The summed E-state index contributed by atoms with van der Waals surface area (Å²) in [6, 6.07) is 6.95. The lowest BCUT2D eigenvalue weighted by Crippen LogP contribution is -2.12. The lowest BCUT2D eigenvalue weighted by atomic mass is 10.1. The second kappa shape index (κ2) is 7.37. The lowest BCUT2D eigenvalue weighted by molar-refractivity contribution is 0.312. The number of ether oxygens (including phenoxy) is 1. The Bertz CT molecular complexity index is 593. The van der Waals surface area contributed by atoms with Crippen LogP contribution in [0.15, 0.2) is 24.3 Å². The van der Waals surface area contributed by atoms with Gasteiger partial charge in [-0.1, -0.05) is 18.2 Å². The summed E-state index contributed by atoms with van der Waals surface area (Å²) < 4.78 is 18.8. The minimum Gasteiger partial charge on any atom is -0.464 e. The Kier molecular flexibility index (Phi) is 5.25. The molecule has 2 aromatic rings. The zero-order valence-corrected chi connectivity index (χ0v) is 12.1. The predicted octanol–water partition coefficient (Wildman–Crippen LogP) is 2.11. The molecule has 2 N–H and O–H groups in total. The third kappa shape index (κ3) is 4.27. The quantitative estimate of drug-likeness (QED) is 0.814. The smallest absolute Gasteiger partial charge is 0.323 e. The molecule has 112 valence electrons. The summed E-state index contributed by atoms with van der Waals surface area (Å²) in [4.78, 5) is 12.4. The Morgan fingerprint density at radius 1 is 1.14 bits per heavy atom. The largest absolute Gasteiger partial charge is 0.464 e. The number of hydrogen-bond acceptors (Lipinski definition) is 6. The summed E-state index contributed by atoms with van der Waals surface area (Å²) in [7, 11) is 1.72. The Morgan fingerprint density at radius 2 is 1.90 bits per heavy atom. The number of anilines is 2. The van der Waals surface area contributed by atoms with Crippen molar-refractivity contribution >= 4 is 11.9 Å². The van der Waals surface area contributed by atoms with E-state index in [1.807, 2.05) is 13.0 Å². The van der Waals surface area contributed by atoms with Crippen molar-refractivity contribution in [1.29, 1.82) is 0 Å². The van der Waals surface area contributed by atoms with Gasteiger partial charge >= 0.3 is 6.01 Å². The van der Waals surface area contributed by atoms with Gasteiger partial charge in [0.2, 0.25) is 11.9 Å². The van der Waals surface area contributed by atoms with Crippen LogP contribution >= 0.6 is 0 Å². The molecule has 2 rings (SSSR count). The van der Waals surface area contributed by atoms with Crippen molar-refractivity contribution in [1.82, 2.24) is 15.0 Å². The van der Waals surface area contributed by atoms with E-state index in [4.69, 9.17) is 4.74 Å². The third-order valence-corrected chi connectivity index (χ3v) is 2.75. The van der Waals surface area contributed by atoms with Crippen LogP contribution in [0.5, 0.6) is 6.01 Å². The average molecular weight is 291 g/mol. The zero-order chi connectivity index (χ0) is 15.1. The number of nitrogens with zero attached hydrogens (tertiary/aromatic N) is 3. The number of nitrogens with one attached hydrogen (secondary N) is 2. The molecule has 7 heteroatoms. The maximum atomic E-state index is 13.5. The van der Waals surface area contributed by atoms with Crippen LogP contribution in [0.4, 0.5) is 16.3 Å². The van der Waals surface area contributed by atoms with Gasteiger partial charge in [0, 0.05) is 13.6 Å². The highest BCUT2D eigenvalue weighted by atomic mass is 19.1. The van der Waals surface area contributed by atoms with Crippen molar-refractivity contribution in [3.05, 3.63) is 35.6 Å². The number of rotatable bonds is 7. The van der Waals surface area contributed by atoms with Crippen LogP contribution in [0.1, 0.15) is 12.5 Å². The zero-order valence-electron chi connectivity index (χ0n) is 12.1. The van der Waals surface area contributed by atoms with Gasteiger partial charge in [0.05, 0.1) is 6.61 Å². The molecule has 0 saturated heterocycles. The van der Waals surface area contributed by atoms with Crippen LogP contribution in [0, 0.1) is 5.82 Å². The molecule has 1 aromatic carbocycles. The molecular formula is C14H18FN5O. The SMILES string of the molecule is CCOc1nc(NC)nc(NCCc2ccccc2F)n1. The Hall–Kier alpha value is -2.44. The van der Waals surface area contributed by atoms with E-state index < -0.39 is 0 Å². The van der Waals surface area contributed by atoms with Crippen LogP contribution in [0.2, 0.25) is 0 Å². The molecule has 0 unspecified atom stereocenters. The first kappa shape index (κ1) is 15.0. The Morgan fingerprint density at radius 3 is 2.62 bits per heavy atom.